The first kappa shape index (κ1) is 9.46. The minimum Gasteiger partial charge on any atom is -0.382 e. The molecule has 0 spiro atoms. The van der Waals surface area contributed by atoms with Crippen LogP contribution >= 0.6 is 0 Å². The largest absolute Gasteiger partial charge is 0.382 e. The Bertz CT molecular complexity index is 295. The summed E-state index contributed by atoms with van der Waals surface area (Å²) in [5, 5.41) is 3.53. The first-order valence-electron chi connectivity index (χ1n) is 5.11. The molecule has 0 aliphatic carbocycles. The number of aromatic nitrogens is 1. The van der Waals surface area contributed by atoms with Crippen molar-refractivity contribution in [2.45, 2.75) is 25.8 Å². The van der Waals surface area contributed by atoms with Crippen molar-refractivity contribution in [3.05, 3.63) is 24.0 Å². The van der Waals surface area contributed by atoms with Gasteiger partial charge in [-0.3, -0.25) is 4.98 Å². The number of hydrogen-bond donors (Lipinski definition) is 1. The van der Waals surface area contributed by atoms with Gasteiger partial charge in [0.15, 0.2) is 0 Å². The predicted octanol–water partition coefficient (Wildman–Crippen LogP) is 1.98. The summed E-state index contributed by atoms with van der Waals surface area (Å²) in [6, 6.07) is 2.59. The molecule has 76 valence electrons. The van der Waals surface area contributed by atoms with Crippen molar-refractivity contribution < 1.29 is 4.74 Å². The first-order chi connectivity index (χ1) is 6.86. The van der Waals surface area contributed by atoms with E-state index >= 15 is 0 Å². The number of nitrogens with zero attached hydrogens (tertiary/aromatic N) is 1. The summed E-state index contributed by atoms with van der Waals surface area (Å²) >= 11 is 0. The Balaban J connectivity index is 1.99. The van der Waals surface area contributed by atoms with Crippen molar-refractivity contribution in [3.8, 4) is 0 Å². The zero-order chi connectivity index (χ0) is 9.80. The van der Waals surface area contributed by atoms with Gasteiger partial charge in [-0.2, -0.15) is 0 Å². The van der Waals surface area contributed by atoms with Crippen LogP contribution in [0.1, 0.15) is 18.4 Å². The maximum Gasteiger partial charge on any atom is 0.0485 e. The number of pyridine rings is 1. The molecule has 1 fully saturated rings. The molecule has 1 aromatic rings. The molecule has 2 rings (SSSR count). The van der Waals surface area contributed by atoms with Crippen molar-refractivity contribution in [2.75, 3.05) is 18.5 Å². The van der Waals surface area contributed by atoms with E-state index in [1.807, 2.05) is 18.5 Å². The fourth-order valence-corrected chi connectivity index (χ4v) is 1.70. The minimum absolute atomic E-state index is 0.560. The molecule has 3 heteroatoms. The molecule has 1 aliphatic rings. The van der Waals surface area contributed by atoms with Crippen LogP contribution in [0.5, 0.6) is 0 Å². The van der Waals surface area contributed by atoms with Crippen molar-refractivity contribution in [1.29, 1.82) is 0 Å². The zero-order valence-corrected chi connectivity index (χ0v) is 8.49. The van der Waals surface area contributed by atoms with E-state index in [9.17, 15) is 0 Å². The number of anilines is 1. The van der Waals surface area contributed by atoms with E-state index < -0.39 is 0 Å². The molecule has 1 aliphatic heterocycles. The molecule has 0 aromatic carbocycles. The van der Waals surface area contributed by atoms with Gasteiger partial charge >= 0.3 is 0 Å². The molecule has 0 bridgehead atoms. The number of nitrogens with one attached hydrogen (secondary N) is 1. The monoisotopic (exact) mass is 192 g/mol. The van der Waals surface area contributed by atoms with Crippen LogP contribution in [0.15, 0.2) is 18.5 Å². The SMILES string of the molecule is Cc1cnccc1NC1CCOCC1. The third kappa shape index (κ3) is 2.23. The summed E-state index contributed by atoms with van der Waals surface area (Å²) in [5.74, 6) is 0. The molecule has 0 unspecified atom stereocenters. The molecule has 14 heavy (non-hydrogen) atoms. The average Bonchev–Trinajstić information content (AvgIpc) is 2.23. The number of ether oxygens (including phenoxy) is 1. The Morgan fingerprint density at radius 3 is 2.93 bits per heavy atom. The lowest BCUT2D eigenvalue weighted by Gasteiger charge is -2.24. The van der Waals surface area contributed by atoms with Crippen molar-refractivity contribution in [2.24, 2.45) is 0 Å². The second kappa shape index (κ2) is 4.42. The van der Waals surface area contributed by atoms with Gasteiger partial charge in [0.1, 0.15) is 0 Å². The second-order valence-corrected chi connectivity index (χ2v) is 3.72. The van der Waals surface area contributed by atoms with E-state index in [1.165, 1.54) is 11.3 Å². The highest BCUT2D eigenvalue weighted by atomic mass is 16.5. The van der Waals surface area contributed by atoms with E-state index in [-0.39, 0.29) is 0 Å². The third-order valence-electron chi connectivity index (χ3n) is 2.60. The van der Waals surface area contributed by atoms with E-state index in [0.717, 1.165) is 26.1 Å². The molecule has 1 N–H and O–H groups in total. The van der Waals surface area contributed by atoms with Crippen LogP contribution in [0.4, 0.5) is 5.69 Å². The summed E-state index contributed by atoms with van der Waals surface area (Å²) in [4.78, 5) is 4.07. The molecular weight excluding hydrogens is 176 g/mol. The lowest BCUT2D eigenvalue weighted by atomic mass is 10.1. The smallest absolute Gasteiger partial charge is 0.0485 e. The van der Waals surface area contributed by atoms with Crippen molar-refractivity contribution >= 4 is 5.69 Å². The number of rotatable bonds is 2. The van der Waals surface area contributed by atoms with E-state index in [0.29, 0.717) is 6.04 Å². The van der Waals surface area contributed by atoms with Gasteiger partial charge in [-0.05, 0) is 31.4 Å². The van der Waals surface area contributed by atoms with Crippen LogP contribution in [-0.2, 0) is 4.74 Å². The van der Waals surface area contributed by atoms with Gasteiger partial charge in [-0.1, -0.05) is 0 Å². The van der Waals surface area contributed by atoms with Crippen molar-refractivity contribution in [1.82, 2.24) is 4.98 Å². The van der Waals surface area contributed by atoms with E-state index in [2.05, 4.69) is 17.2 Å². The summed E-state index contributed by atoms with van der Waals surface area (Å²) in [6.07, 6.45) is 5.92. The number of aryl methyl sites for hydroxylation is 1. The molecule has 0 radical (unpaired) electrons. The van der Waals surface area contributed by atoms with Gasteiger partial charge in [-0.25, -0.2) is 0 Å². The average molecular weight is 192 g/mol. The molecule has 3 nitrogen and oxygen atoms in total. The van der Waals surface area contributed by atoms with Crippen LogP contribution in [-0.4, -0.2) is 24.2 Å². The van der Waals surface area contributed by atoms with Gasteiger partial charge in [0.05, 0.1) is 0 Å². The summed E-state index contributed by atoms with van der Waals surface area (Å²) in [7, 11) is 0. The Morgan fingerprint density at radius 2 is 2.21 bits per heavy atom. The maximum absolute atomic E-state index is 5.32. The van der Waals surface area contributed by atoms with Crippen LogP contribution in [0.3, 0.4) is 0 Å². The maximum atomic E-state index is 5.32. The lowest BCUT2D eigenvalue weighted by Crippen LogP contribution is -2.28. The van der Waals surface area contributed by atoms with Gasteiger partial charge in [0, 0.05) is 37.3 Å². The van der Waals surface area contributed by atoms with Gasteiger partial charge < -0.3 is 10.1 Å². The van der Waals surface area contributed by atoms with Crippen LogP contribution in [0.25, 0.3) is 0 Å². The van der Waals surface area contributed by atoms with Crippen LogP contribution in [0.2, 0.25) is 0 Å². The Kier molecular flexibility index (Phi) is 2.99. The Morgan fingerprint density at radius 1 is 1.43 bits per heavy atom. The molecule has 0 saturated carbocycles. The standard InChI is InChI=1S/C11H16N2O/c1-9-8-12-5-2-11(9)13-10-3-6-14-7-4-10/h2,5,8,10H,3-4,6-7H2,1H3,(H,12,13). The van der Waals surface area contributed by atoms with E-state index in [1.54, 1.807) is 0 Å². The molecule has 1 saturated heterocycles. The van der Waals surface area contributed by atoms with Gasteiger partial charge in [-0.15, -0.1) is 0 Å². The highest BCUT2D eigenvalue weighted by molar-refractivity contribution is 5.49. The normalized spacial score (nSPS) is 18.1. The molecule has 1 aromatic heterocycles. The first-order valence-corrected chi connectivity index (χ1v) is 5.11. The fraction of sp³-hybridized carbons (Fsp3) is 0.545. The third-order valence-corrected chi connectivity index (χ3v) is 2.60. The summed E-state index contributed by atoms with van der Waals surface area (Å²) in [6.45, 7) is 3.83. The fourth-order valence-electron chi connectivity index (χ4n) is 1.70. The minimum atomic E-state index is 0.560. The van der Waals surface area contributed by atoms with Crippen LogP contribution in [0, 0.1) is 6.92 Å². The molecule has 0 atom stereocenters. The quantitative estimate of drug-likeness (QED) is 0.778. The van der Waals surface area contributed by atoms with Gasteiger partial charge in [0.2, 0.25) is 0 Å². The Labute approximate surface area is 84.5 Å². The van der Waals surface area contributed by atoms with Crippen molar-refractivity contribution in [3.63, 3.8) is 0 Å². The Hall–Kier alpha value is -1.09. The lowest BCUT2D eigenvalue weighted by molar-refractivity contribution is 0.0904. The molecule has 2 heterocycles. The molecular formula is C11H16N2O. The summed E-state index contributed by atoms with van der Waals surface area (Å²) in [5.41, 5.74) is 2.41. The highest BCUT2D eigenvalue weighted by Crippen LogP contribution is 2.17. The molecule has 0 amide bonds. The highest BCUT2D eigenvalue weighted by Gasteiger charge is 2.13. The summed E-state index contributed by atoms with van der Waals surface area (Å²) < 4.78 is 5.32. The van der Waals surface area contributed by atoms with E-state index in [4.69, 9.17) is 4.74 Å². The van der Waals surface area contributed by atoms with Gasteiger partial charge in [0.25, 0.3) is 0 Å². The predicted molar refractivity (Wildman–Crippen MR) is 56.4 cm³/mol. The number of hydrogen-bond acceptors (Lipinski definition) is 3. The second-order valence-electron chi connectivity index (χ2n) is 3.72. The zero-order valence-electron chi connectivity index (χ0n) is 8.49. The van der Waals surface area contributed by atoms with Crippen LogP contribution < -0.4 is 5.32 Å². The topological polar surface area (TPSA) is 34.2 Å².